The van der Waals surface area contributed by atoms with E-state index in [0.717, 1.165) is 43.6 Å². The van der Waals surface area contributed by atoms with E-state index in [1.807, 2.05) is 4.90 Å². The Bertz CT molecular complexity index is 2270. The summed E-state index contributed by atoms with van der Waals surface area (Å²) in [4.78, 5) is 38.4. The number of terminal acetylenes is 1. The smallest absolute Gasteiger partial charge is 0.347 e. The molecule has 5 aliphatic heterocycles. The molecular formula is C45H51F3N6O3. The minimum atomic E-state index is -0.750. The Kier molecular flexibility index (Phi) is 9.83. The van der Waals surface area contributed by atoms with Crippen LogP contribution in [0.25, 0.3) is 32.9 Å². The minimum absolute atomic E-state index is 0.000373. The van der Waals surface area contributed by atoms with Crippen LogP contribution in [-0.4, -0.2) is 83.2 Å². The highest BCUT2D eigenvalue weighted by Gasteiger charge is 2.50. The zero-order valence-corrected chi connectivity index (χ0v) is 32.8. The van der Waals surface area contributed by atoms with Gasteiger partial charge in [0.15, 0.2) is 5.82 Å². The number of aldehydes is 1. The summed E-state index contributed by atoms with van der Waals surface area (Å²) >= 11 is 0. The zero-order valence-electron chi connectivity index (χ0n) is 32.8. The van der Waals surface area contributed by atoms with E-state index in [4.69, 9.17) is 11.2 Å². The topological polar surface area (TPSA) is 103 Å². The van der Waals surface area contributed by atoms with Gasteiger partial charge in [-0.25, -0.2) is 18.0 Å². The summed E-state index contributed by atoms with van der Waals surface area (Å²) in [5.74, 6) is 4.83. The normalized spacial score (nSPS) is 31.8. The van der Waals surface area contributed by atoms with Crippen molar-refractivity contribution >= 4 is 33.8 Å². The standard InChI is InChI=1S/C25H19F2N5O2.C12H18O.C8H14FN/c1-3-16-19(26)5-4-12-6-15(34-2)8-17(20(12)16)22-21(27)23-18(9-28-22)24(31-25(33)30-23)32-10-13-7-14(11-32)29-13;13-2-1-12-6-9-3-10(7-12)5-11(4-9)8-12;1-8-3-2-4-10(8)6-7(9)5-8/h1,4-6,8-9,13-14,29H,7,10-11H2,2H3,(H,30,31,33);2,9-11H,1,3-8H2;7H,2-6H2,1H3/t;;7-,8+/m..1/s1. The minimum Gasteiger partial charge on any atom is -0.497 e. The number of aromatic nitrogens is 3. The van der Waals surface area contributed by atoms with E-state index in [9.17, 15) is 18.4 Å². The molecule has 5 saturated heterocycles. The Morgan fingerprint density at radius 1 is 1.04 bits per heavy atom. The first-order valence-corrected chi connectivity index (χ1v) is 20.7. The molecule has 0 amide bonds. The van der Waals surface area contributed by atoms with E-state index in [1.165, 1.54) is 77.0 Å². The van der Waals surface area contributed by atoms with Gasteiger partial charge in [-0.1, -0.05) is 12.0 Å². The van der Waals surface area contributed by atoms with Crippen molar-refractivity contribution in [1.82, 2.24) is 25.2 Å². The summed E-state index contributed by atoms with van der Waals surface area (Å²) in [5.41, 5.74) is 0.243. The number of halogens is 3. The van der Waals surface area contributed by atoms with E-state index in [2.05, 4.69) is 38.0 Å². The molecule has 12 heteroatoms. The van der Waals surface area contributed by atoms with Crippen molar-refractivity contribution < 1.29 is 22.7 Å². The van der Waals surface area contributed by atoms with Crippen LogP contribution in [0.3, 0.4) is 0 Å². The third-order valence-electron chi connectivity index (χ3n) is 14.3. The number of fused-ring (bicyclic) bond motifs is 5. The lowest BCUT2D eigenvalue weighted by molar-refractivity contribution is -0.115. The van der Waals surface area contributed by atoms with Crippen molar-refractivity contribution in [1.29, 1.82) is 0 Å². The number of anilines is 1. The second kappa shape index (κ2) is 14.7. The van der Waals surface area contributed by atoms with Gasteiger partial charge in [0.05, 0.1) is 23.6 Å². The Hall–Kier alpha value is -4.47. The van der Waals surface area contributed by atoms with Crippen LogP contribution in [0.2, 0.25) is 0 Å². The fourth-order valence-corrected chi connectivity index (χ4v) is 12.2. The number of hydrogen-bond donors (Lipinski definition) is 2. The fraction of sp³-hybridized carbons (Fsp3) is 0.556. The number of nitrogens with one attached hydrogen (secondary N) is 2. The molecule has 7 heterocycles. The summed E-state index contributed by atoms with van der Waals surface area (Å²) in [6, 6.07) is 6.72. The first-order chi connectivity index (χ1) is 27.5. The summed E-state index contributed by atoms with van der Waals surface area (Å²) in [5, 5.41) is 4.74. The number of alkyl halides is 1. The van der Waals surface area contributed by atoms with Crippen LogP contribution in [-0.2, 0) is 4.79 Å². The zero-order chi connectivity index (χ0) is 39.6. The van der Waals surface area contributed by atoms with Crippen molar-refractivity contribution in [3.8, 4) is 29.4 Å². The number of hydrogen-bond acceptors (Lipinski definition) is 8. The molecule has 9 aliphatic rings. The number of piperazine rings is 1. The van der Waals surface area contributed by atoms with Crippen LogP contribution in [0.4, 0.5) is 19.0 Å². The number of carbonyl (C=O) groups is 1. The van der Waals surface area contributed by atoms with Crippen LogP contribution in [0.15, 0.2) is 35.3 Å². The van der Waals surface area contributed by atoms with Crippen molar-refractivity contribution in [3.63, 3.8) is 0 Å². The van der Waals surface area contributed by atoms with Gasteiger partial charge in [0.2, 0.25) is 0 Å². The van der Waals surface area contributed by atoms with Crippen LogP contribution in [0.1, 0.15) is 83.1 Å². The molecule has 300 valence electrons. The van der Waals surface area contributed by atoms with Crippen LogP contribution >= 0.6 is 0 Å². The lowest BCUT2D eigenvalue weighted by atomic mass is 9.49. The van der Waals surface area contributed by atoms with Crippen molar-refractivity contribution in [2.45, 2.75) is 101 Å². The maximum absolute atomic E-state index is 16.0. The number of benzene rings is 2. The van der Waals surface area contributed by atoms with Gasteiger partial charge < -0.3 is 24.7 Å². The maximum Gasteiger partial charge on any atom is 0.347 e. The highest BCUT2D eigenvalue weighted by atomic mass is 19.1. The second-order valence-corrected chi connectivity index (χ2v) is 18.3. The number of aromatic amines is 1. The molecule has 2 N–H and O–H groups in total. The Balaban J connectivity index is 0.000000148. The molecule has 2 aromatic heterocycles. The molecule has 2 unspecified atom stereocenters. The van der Waals surface area contributed by atoms with Gasteiger partial charge in [0, 0.05) is 60.8 Å². The quantitative estimate of drug-likeness (QED) is 0.160. The molecule has 4 aromatic rings. The number of carbonyl (C=O) groups excluding carboxylic acids is 1. The number of rotatable bonds is 5. The summed E-state index contributed by atoms with van der Waals surface area (Å²) in [6.45, 7) is 5.36. The number of pyridine rings is 1. The largest absolute Gasteiger partial charge is 0.497 e. The Morgan fingerprint density at radius 2 is 1.74 bits per heavy atom. The summed E-state index contributed by atoms with van der Waals surface area (Å²) < 4.78 is 48.8. The molecule has 2 aromatic carbocycles. The monoisotopic (exact) mass is 780 g/mol. The molecule has 0 spiro atoms. The van der Waals surface area contributed by atoms with Gasteiger partial charge in [-0.2, -0.15) is 4.98 Å². The number of H-pyrrole nitrogens is 1. The Labute approximate surface area is 331 Å². The van der Waals surface area contributed by atoms with Crippen molar-refractivity contribution in [3.05, 3.63) is 58.1 Å². The highest BCUT2D eigenvalue weighted by molar-refractivity contribution is 6.03. The third kappa shape index (κ3) is 6.98. The first kappa shape index (κ1) is 38.1. The molecule has 6 bridgehead atoms. The van der Waals surface area contributed by atoms with Crippen LogP contribution in [0, 0.1) is 47.1 Å². The molecule has 0 radical (unpaired) electrons. The SMILES string of the molecule is C#Cc1c(F)ccc2cc(OC)cc(-c3ncc4c(N5CC6CC(C5)N6)nc(=O)[nH]c4c3F)c12.C[C@@]12CCCN1C[C@H](F)C2.O=CCC12CC3CC(CC(C3)C1)C2. The molecule has 4 aliphatic carbocycles. The van der Waals surface area contributed by atoms with Gasteiger partial charge in [0.25, 0.3) is 0 Å². The summed E-state index contributed by atoms with van der Waals surface area (Å²) in [7, 11) is 1.48. The second-order valence-electron chi connectivity index (χ2n) is 18.3. The highest BCUT2D eigenvalue weighted by Crippen LogP contribution is 2.61. The number of nitrogens with zero attached hydrogens (tertiary/aromatic N) is 4. The molecule has 13 rings (SSSR count). The molecule has 9 nitrogen and oxygen atoms in total. The van der Waals surface area contributed by atoms with Gasteiger partial charge in [-0.3, -0.25) is 9.88 Å². The molecule has 57 heavy (non-hydrogen) atoms. The Morgan fingerprint density at radius 3 is 2.37 bits per heavy atom. The maximum atomic E-state index is 16.0. The van der Waals surface area contributed by atoms with E-state index in [-0.39, 0.29) is 27.9 Å². The van der Waals surface area contributed by atoms with Gasteiger partial charge in [0.1, 0.15) is 35.5 Å². The number of methoxy groups -OCH3 is 1. The van der Waals surface area contributed by atoms with Crippen molar-refractivity contribution in [2.75, 3.05) is 38.2 Å². The van der Waals surface area contributed by atoms with E-state index < -0.39 is 23.5 Å². The average Bonchev–Trinajstić information content (AvgIpc) is 3.66. The average molecular weight is 781 g/mol. The van der Waals surface area contributed by atoms with Gasteiger partial charge in [-0.15, -0.1) is 6.42 Å². The van der Waals surface area contributed by atoms with Gasteiger partial charge in [-0.05, 0) is 124 Å². The predicted molar refractivity (Wildman–Crippen MR) is 215 cm³/mol. The van der Waals surface area contributed by atoms with Crippen molar-refractivity contribution in [2.24, 2.45) is 23.2 Å². The molecule has 9 fully saturated rings. The first-order valence-electron chi connectivity index (χ1n) is 20.7. The molecular weight excluding hydrogens is 730 g/mol. The van der Waals surface area contributed by atoms with Crippen LogP contribution in [0.5, 0.6) is 5.75 Å². The van der Waals surface area contributed by atoms with E-state index >= 15 is 4.39 Å². The summed E-state index contributed by atoms with van der Waals surface area (Å²) in [6.07, 6.45) is 21.5. The van der Waals surface area contributed by atoms with Crippen LogP contribution < -0.4 is 20.6 Å². The van der Waals surface area contributed by atoms with Gasteiger partial charge >= 0.3 is 5.69 Å². The number of piperidine rings is 1. The molecule has 4 atom stereocenters. The molecule has 4 saturated carbocycles. The lowest BCUT2D eigenvalue weighted by Gasteiger charge is -2.56. The predicted octanol–water partition coefficient (Wildman–Crippen LogP) is 7.33. The van der Waals surface area contributed by atoms with E-state index in [0.29, 0.717) is 64.9 Å². The third-order valence-corrected chi connectivity index (χ3v) is 14.3. The number of ether oxygens (including phenoxy) is 1. The fourth-order valence-electron chi connectivity index (χ4n) is 12.2. The lowest BCUT2D eigenvalue weighted by Crippen LogP contribution is -2.67. The van der Waals surface area contributed by atoms with E-state index in [1.54, 1.807) is 18.2 Å².